The fourth-order valence-corrected chi connectivity index (χ4v) is 2.95. The van der Waals surface area contributed by atoms with E-state index in [-0.39, 0.29) is 6.10 Å². The molecule has 1 aliphatic rings. The van der Waals surface area contributed by atoms with Crippen molar-refractivity contribution >= 4 is 11.3 Å². The Balaban J connectivity index is 2.04. The molecule has 0 bridgehead atoms. The van der Waals surface area contributed by atoms with Crippen molar-refractivity contribution in [1.29, 1.82) is 0 Å². The first-order valence-corrected chi connectivity index (χ1v) is 6.55. The normalized spacial score (nSPS) is 18.3. The molecule has 0 amide bonds. The number of nitrogens with zero attached hydrogens (tertiary/aromatic N) is 1. The molecule has 1 N–H and O–H groups in total. The SMILES string of the molecule is CNC[C@H]1OCc2c(-c3cncs3)cccc21. The van der Waals surface area contributed by atoms with Gasteiger partial charge in [-0.05, 0) is 23.7 Å². The monoisotopic (exact) mass is 246 g/mol. The zero-order valence-electron chi connectivity index (χ0n) is 9.64. The average molecular weight is 246 g/mol. The summed E-state index contributed by atoms with van der Waals surface area (Å²) in [6.45, 7) is 1.56. The smallest absolute Gasteiger partial charge is 0.0957 e. The molecule has 0 saturated heterocycles. The van der Waals surface area contributed by atoms with E-state index in [1.165, 1.54) is 21.6 Å². The number of hydrogen-bond donors (Lipinski definition) is 1. The predicted molar refractivity (Wildman–Crippen MR) is 69.0 cm³/mol. The van der Waals surface area contributed by atoms with Crippen LogP contribution in [0.3, 0.4) is 0 Å². The van der Waals surface area contributed by atoms with E-state index in [1.807, 2.05) is 18.8 Å². The molecule has 0 radical (unpaired) electrons. The Morgan fingerprint density at radius 1 is 1.53 bits per heavy atom. The number of nitrogens with one attached hydrogen (secondary N) is 1. The Morgan fingerprint density at radius 3 is 3.24 bits per heavy atom. The third-order valence-electron chi connectivity index (χ3n) is 3.08. The fraction of sp³-hybridized carbons (Fsp3) is 0.308. The molecule has 2 heterocycles. The van der Waals surface area contributed by atoms with E-state index < -0.39 is 0 Å². The number of ether oxygens (including phenoxy) is 1. The minimum atomic E-state index is 0.183. The second-order valence-electron chi connectivity index (χ2n) is 4.10. The van der Waals surface area contributed by atoms with Crippen molar-refractivity contribution in [1.82, 2.24) is 10.3 Å². The Hall–Kier alpha value is -1.23. The van der Waals surface area contributed by atoms with Gasteiger partial charge in [-0.15, -0.1) is 11.3 Å². The molecule has 0 aliphatic carbocycles. The number of likely N-dealkylation sites (N-methyl/N-ethyl adjacent to an activating group) is 1. The van der Waals surface area contributed by atoms with Crippen molar-refractivity contribution in [3.05, 3.63) is 41.0 Å². The second kappa shape index (κ2) is 4.56. The van der Waals surface area contributed by atoms with Crippen LogP contribution in [0, 0.1) is 0 Å². The number of thiazole rings is 1. The van der Waals surface area contributed by atoms with Gasteiger partial charge < -0.3 is 10.1 Å². The highest BCUT2D eigenvalue weighted by molar-refractivity contribution is 7.13. The molecule has 1 aromatic heterocycles. The first kappa shape index (κ1) is 10.9. The van der Waals surface area contributed by atoms with Crippen molar-refractivity contribution < 1.29 is 4.74 Å². The van der Waals surface area contributed by atoms with Crippen LogP contribution in [0.25, 0.3) is 10.4 Å². The van der Waals surface area contributed by atoms with Crippen LogP contribution in [0.2, 0.25) is 0 Å². The van der Waals surface area contributed by atoms with Crippen LogP contribution in [0.4, 0.5) is 0 Å². The third-order valence-corrected chi connectivity index (χ3v) is 3.88. The molecule has 0 spiro atoms. The van der Waals surface area contributed by atoms with Crippen molar-refractivity contribution in [2.75, 3.05) is 13.6 Å². The molecule has 88 valence electrons. The first-order chi connectivity index (χ1) is 8.40. The van der Waals surface area contributed by atoms with Crippen LogP contribution >= 0.6 is 11.3 Å². The summed E-state index contributed by atoms with van der Waals surface area (Å²) in [7, 11) is 1.95. The van der Waals surface area contributed by atoms with Gasteiger partial charge in [0.15, 0.2) is 0 Å². The molecule has 3 rings (SSSR count). The topological polar surface area (TPSA) is 34.1 Å². The number of aromatic nitrogens is 1. The first-order valence-electron chi connectivity index (χ1n) is 5.67. The van der Waals surface area contributed by atoms with Crippen molar-refractivity contribution in [3.63, 3.8) is 0 Å². The highest BCUT2D eigenvalue weighted by Crippen LogP contribution is 2.37. The van der Waals surface area contributed by atoms with E-state index in [9.17, 15) is 0 Å². The lowest BCUT2D eigenvalue weighted by atomic mass is 9.99. The van der Waals surface area contributed by atoms with Crippen LogP contribution in [-0.4, -0.2) is 18.6 Å². The molecule has 1 aliphatic heterocycles. The highest BCUT2D eigenvalue weighted by atomic mass is 32.1. The summed E-state index contributed by atoms with van der Waals surface area (Å²) in [5.74, 6) is 0. The molecule has 0 unspecified atom stereocenters. The summed E-state index contributed by atoms with van der Waals surface area (Å²) in [6.07, 6.45) is 2.11. The fourth-order valence-electron chi connectivity index (χ4n) is 2.28. The van der Waals surface area contributed by atoms with Crippen molar-refractivity contribution in [3.8, 4) is 10.4 Å². The minimum absolute atomic E-state index is 0.183. The molecule has 3 nitrogen and oxygen atoms in total. The Labute approximate surface area is 104 Å². The Morgan fingerprint density at radius 2 is 2.47 bits per heavy atom. The lowest BCUT2D eigenvalue weighted by molar-refractivity contribution is 0.0675. The zero-order chi connectivity index (χ0) is 11.7. The van der Waals surface area contributed by atoms with Gasteiger partial charge in [0.25, 0.3) is 0 Å². The van der Waals surface area contributed by atoms with Crippen LogP contribution in [0.1, 0.15) is 17.2 Å². The Bertz CT molecular complexity index is 510. The van der Waals surface area contributed by atoms with E-state index in [0.717, 1.165) is 6.54 Å². The second-order valence-corrected chi connectivity index (χ2v) is 4.98. The van der Waals surface area contributed by atoms with E-state index >= 15 is 0 Å². The van der Waals surface area contributed by atoms with E-state index in [1.54, 1.807) is 11.3 Å². The quantitative estimate of drug-likeness (QED) is 0.904. The maximum Gasteiger partial charge on any atom is 0.0957 e. The van der Waals surface area contributed by atoms with Gasteiger partial charge in [0.1, 0.15) is 0 Å². The van der Waals surface area contributed by atoms with Gasteiger partial charge in [-0.2, -0.15) is 0 Å². The molecule has 1 atom stereocenters. The number of rotatable bonds is 3. The molecule has 0 saturated carbocycles. The van der Waals surface area contributed by atoms with Crippen LogP contribution in [0.5, 0.6) is 0 Å². The van der Waals surface area contributed by atoms with Crippen LogP contribution in [0.15, 0.2) is 29.9 Å². The maximum absolute atomic E-state index is 5.82. The van der Waals surface area contributed by atoms with Crippen LogP contribution in [-0.2, 0) is 11.3 Å². The van der Waals surface area contributed by atoms with Gasteiger partial charge >= 0.3 is 0 Å². The molecular formula is C13H14N2OS. The van der Waals surface area contributed by atoms with E-state index in [2.05, 4.69) is 28.5 Å². The van der Waals surface area contributed by atoms with Crippen molar-refractivity contribution in [2.24, 2.45) is 0 Å². The number of fused-ring (bicyclic) bond motifs is 1. The summed E-state index contributed by atoms with van der Waals surface area (Å²) in [4.78, 5) is 5.36. The summed E-state index contributed by atoms with van der Waals surface area (Å²) < 4.78 is 5.82. The Kier molecular flexibility index (Phi) is 2.93. The van der Waals surface area contributed by atoms with Gasteiger partial charge in [-0.3, -0.25) is 4.98 Å². The summed E-state index contributed by atoms with van der Waals surface area (Å²) in [5, 5.41) is 3.17. The van der Waals surface area contributed by atoms with Crippen LogP contribution < -0.4 is 5.32 Å². The van der Waals surface area contributed by atoms with E-state index in [0.29, 0.717) is 6.61 Å². The third kappa shape index (κ3) is 1.88. The lowest BCUT2D eigenvalue weighted by Crippen LogP contribution is -2.16. The summed E-state index contributed by atoms with van der Waals surface area (Å²) in [6, 6.07) is 6.41. The zero-order valence-corrected chi connectivity index (χ0v) is 10.5. The minimum Gasteiger partial charge on any atom is -0.367 e. The number of hydrogen-bond acceptors (Lipinski definition) is 4. The predicted octanol–water partition coefficient (Wildman–Crippen LogP) is 2.60. The van der Waals surface area contributed by atoms with E-state index in [4.69, 9.17) is 4.74 Å². The standard InChI is InChI=1S/C13H14N2OS/c1-14-5-12-9-3-2-4-10(11(9)7-16-12)13-6-15-8-17-13/h2-4,6,8,12,14H,5,7H2,1H3/t12-/m1/s1. The summed E-state index contributed by atoms with van der Waals surface area (Å²) in [5.41, 5.74) is 5.76. The molecule has 1 aromatic carbocycles. The average Bonchev–Trinajstić information content (AvgIpc) is 2.98. The van der Waals surface area contributed by atoms with Gasteiger partial charge in [0, 0.05) is 12.7 Å². The summed E-state index contributed by atoms with van der Waals surface area (Å²) >= 11 is 1.67. The molecule has 17 heavy (non-hydrogen) atoms. The van der Waals surface area contributed by atoms with Gasteiger partial charge in [-0.25, -0.2) is 0 Å². The molecule has 0 fully saturated rings. The van der Waals surface area contributed by atoms with Gasteiger partial charge in [-0.1, -0.05) is 18.2 Å². The molecular weight excluding hydrogens is 232 g/mol. The number of benzene rings is 1. The van der Waals surface area contributed by atoms with Gasteiger partial charge in [0.2, 0.25) is 0 Å². The molecule has 4 heteroatoms. The maximum atomic E-state index is 5.82. The largest absolute Gasteiger partial charge is 0.367 e. The highest BCUT2D eigenvalue weighted by Gasteiger charge is 2.25. The molecule has 2 aromatic rings. The van der Waals surface area contributed by atoms with Crippen molar-refractivity contribution in [2.45, 2.75) is 12.7 Å². The lowest BCUT2D eigenvalue weighted by Gasteiger charge is -2.10. The van der Waals surface area contributed by atoms with Gasteiger partial charge in [0.05, 0.1) is 23.1 Å².